The molecule has 5 aromatic rings. The molecular weight excluding hydrogens is 508 g/mol. The van der Waals surface area contributed by atoms with E-state index in [1.807, 2.05) is 78.9 Å². The number of carbonyl (C=O) groups is 1. The number of amides is 1. The number of anilines is 2. The van der Waals surface area contributed by atoms with Gasteiger partial charge in [-0.05, 0) is 53.9 Å². The number of nitrogens with one attached hydrogen (secondary N) is 1. The van der Waals surface area contributed by atoms with Gasteiger partial charge in [0, 0.05) is 37.3 Å². The second-order valence-corrected chi connectivity index (χ2v) is 10.3. The molecule has 1 aromatic heterocycles. The Bertz CT molecular complexity index is 1600. The lowest BCUT2D eigenvalue weighted by molar-refractivity contribution is 0.0938. The average molecular weight is 543 g/mol. The molecule has 1 aliphatic heterocycles. The van der Waals surface area contributed by atoms with Crippen molar-refractivity contribution < 1.29 is 9.53 Å². The number of piperazine rings is 1. The van der Waals surface area contributed by atoms with Crippen LogP contribution < -0.4 is 19.9 Å². The minimum atomic E-state index is -0.158. The van der Waals surface area contributed by atoms with Gasteiger partial charge in [0.15, 0.2) is 0 Å². The first-order valence-electron chi connectivity index (χ1n) is 14.1. The third-order valence-corrected chi connectivity index (χ3v) is 7.78. The molecule has 2 heterocycles. The maximum atomic E-state index is 14.0. The molecular formula is C35H34N4O2. The minimum absolute atomic E-state index is 0.0912. The van der Waals surface area contributed by atoms with Crippen LogP contribution in [0, 0.1) is 0 Å². The third kappa shape index (κ3) is 6.02. The predicted molar refractivity (Wildman–Crippen MR) is 166 cm³/mol. The summed E-state index contributed by atoms with van der Waals surface area (Å²) in [5.41, 5.74) is 4.92. The number of hydrogen-bond acceptors (Lipinski definition) is 5. The lowest BCUT2D eigenvalue weighted by Crippen LogP contribution is -2.47. The van der Waals surface area contributed by atoms with Gasteiger partial charge >= 0.3 is 0 Å². The average Bonchev–Trinajstić information content (AvgIpc) is 3.05. The summed E-state index contributed by atoms with van der Waals surface area (Å²) in [6.45, 7) is 3.38. The standard InChI is InChI=1S/C35H34N4O2/c1-41-29-18-16-28(17-19-29)38-20-22-39(23-21-38)34-25-31(30-14-8-9-15-32(30)36-34)35(40)37-33(27-12-6-3-7-13-27)24-26-10-4-2-5-11-26/h2-19,25,33H,20-24H2,1H3,(H,37,40)/t33-/m0/s1. The third-order valence-electron chi connectivity index (χ3n) is 7.78. The van der Waals surface area contributed by atoms with Crippen LogP contribution in [-0.4, -0.2) is 44.2 Å². The largest absolute Gasteiger partial charge is 0.497 e. The summed E-state index contributed by atoms with van der Waals surface area (Å²) in [7, 11) is 1.68. The number of benzene rings is 4. The van der Waals surface area contributed by atoms with Crippen LogP contribution >= 0.6 is 0 Å². The number of aromatic nitrogens is 1. The van der Waals surface area contributed by atoms with Gasteiger partial charge < -0.3 is 19.9 Å². The van der Waals surface area contributed by atoms with Gasteiger partial charge in [-0.25, -0.2) is 4.98 Å². The van der Waals surface area contributed by atoms with Gasteiger partial charge in [0.25, 0.3) is 5.91 Å². The molecule has 6 nitrogen and oxygen atoms in total. The van der Waals surface area contributed by atoms with Gasteiger partial charge in [0.05, 0.1) is 24.2 Å². The monoisotopic (exact) mass is 542 g/mol. The van der Waals surface area contributed by atoms with E-state index >= 15 is 0 Å². The Balaban J connectivity index is 1.25. The zero-order chi connectivity index (χ0) is 28.0. The fraction of sp³-hybridized carbons (Fsp3) is 0.200. The van der Waals surface area contributed by atoms with E-state index in [2.05, 4.69) is 51.5 Å². The molecule has 6 rings (SSSR count). The summed E-state index contributed by atoms with van der Waals surface area (Å²) >= 11 is 0. The van der Waals surface area contributed by atoms with E-state index in [1.165, 1.54) is 11.3 Å². The molecule has 1 N–H and O–H groups in total. The maximum Gasteiger partial charge on any atom is 0.252 e. The minimum Gasteiger partial charge on any atom is -0.497 e. The Kier molecular flexibility index (Phi) is 7.81. The van der Waals surface area contributed by atoms with Crippen molar-refractivity contribution in [2.45, 2.75) is 12.5 Å². The highest BCUT2D eigenvalue weighted by molar-refractivity contribution is 6.07. The second kappa shape index (κ2) is 12.1. The summed E-state index contributed by atoms with van der Waals surface area (Å²) in [4.78, 5) is 23.6. The zero-order valence-corrected chi connectivity index (χ0v) is 23.2. The Hall–Kier alpha value is -4.84. The van der Waals surface area contributed by atoms with E-state index in [9.17, 15) is 4.79 Å². The number of pyridine rings is 1. The van der Waals surface area contributed by atoms with Crippen molar-refractivity contribution in [1.29, 1.82) is 0 Å². The van der Waals surface area contributed by atoms with Crippen LogP contribution in [0.3, 0.4) is 0 Å². The van der Waals surface area contributed by atoms with Gasteiger partial charge in [0.1, 0.15) is 11.6 Å². The maximum absolute atomic E-state index is 14.0. The quantitative estimate of drug-likeness (QED) is 0.250. The number of methoxy groups -OCH3 is 1. The summed E-state index contributed by atoms with van der Waals surface area (Å²) in [6, 6.07) is 38.4. The molecule has 0 aliphatic carbocycles. The van der Waals surface area contributed by atoms with Gasteiger partial charge in [0.2, 0.25) is 0 Å². The molecule has 0 radical (unpaired) electrons. The number of para-hydroxylation sites is 1. The van der Waals surface area contributed by atoms with Gasteiger partial charge in [-0.2, -0.15) is 0 Å². The van der Waals surface area contributed by atoms with E-state index in [4.69, 9.17) is 9.72 Å². The van der Waals surface area contributed by atoms with E-state index in [1.54, 1.807) is 7.11 Å². The van der Waals surface area contributed by atoms with Crippen molar-refractivity contribution >= 4 is 28.3 Å². The molecule has 206 valence electrons. The summed E-state index contributed by atoms with van der Waals surface area (Å²) in [5.74, 6) is 1.60. The highest BCUT2D eigenvalue weighted by Gasteiger charge is 2.23. The fourth-order valence-electron chi connectivity index (χ4n) is 5.52. The summed E-state index contributed by atoms with van der Waals surface area (Å²) < 4.78 is 5.31. The number of hydrogen-bond donors (Lipinski definition) is 1. The Morgan fingerprint density at radius 3 is 2.15 bits per heavy atom. The van der Waals surface area contributed by atoms with Crippen molar-refractivity contribution in [3.05, 3.63) is 132 Å². The number of ether oxygens (including phenoxy) is 1. The van der Waals surface area contributed by atoms with Crippen molar-refractivity contribution in [3.63, 3.8) is 0 Å². The Labute approximate surface area is 241 Å². The molecule has 0 bridgehead atoms. The number of carbonyl (C=O) groups excluding carboxylic acids is 1. The van der Waals surface area contributed by atoms with Crippen molar-refractivity contribution in [1.82, 2.24) is 10.3 Å². The molecule has 0 unspecified atom stereocenters. The van der Waals surface area contributed by atoms with Gasteiger partial charge in [-0.3, -0.25) is 4.79 Å². The van der Waals surface area contributed by atoms with Crippen LogP contribution in [0.2, 0.25) is 0 Å². The lowest BCUT2D eigenvalue weighted by atomic mass is 9.98. The number of nitrogens with zero attached hydrogens (tertiary/aromatic N) is 3. The molecule has 1 fully saturated rings. The first-order valence-corrected chi connectivity index (χ1v) is 14.1. The van der Waals surface area contributed by atoms with Crippen LogP contribution in [-0.2, 0) is 6.42 Å². The van der Waals surface area contributed by atoms with E-state index < -0.39 is 0 Å². The molecule has 4 aromatic carbocycles. The smallest absolute Gasteiger partial charge is 0.252 e. The summed E-state index contributed by atoms with van der Waals surface area (Å²) in [5, 5.41) is 4.21. The molecule has 1 amide bonds. The first kappa shape index (κ1) is 26.4. The van der Waals surface area contributed by atoms with Crippen molar-refractivity contribution in [2.24, 2.45) is 0 Å². The van der Waals surface area contributed by atoms with Gasteiger partial charge in [-0.1, -0.05) is 78.9 Å². The fourth-order valence-corrected chi connectivity index (χ4v) is 5.52. The lowest BCUT2D eigenvalue weighted by Gasteiger charge is -2.37. The first-order chi connectivity index (χ1) is 20.2. The molecule has 1 aliphatic rings. The van der Waals surface area contributed by atoms with Crippen molar-refractivity contribution in [2.75, 3.05) is 43.1 Å². The highest BCUT2D eigenvalue weighted by Crippen LogP contribution is 2.27. The predicted octanol–water partition coefficient (Wildman–Crippen LogP) is 6.28. The van der Waals surface area contributed by atoms with E-state index in [-0.39, 0.29) is 11.9 Å². The van der Waals surface area contributed by atoms with Gasteiger partial charge in [-0.15, -0.1) is 0 Å². The van der Waals surface area contributed by atoms with Crippen LogP contribution in [0.1, 0.15) is 27.5 Å². The molecule has 1 atom stereocenters. The highest BCUT2D eigenvalue weighted by atomic mass is 16.5. The van der Waals surface area contributed by atoms with Crippen molar-refractivity contribution in [3.8, 4) is 5.75 Å². The zero-order valence-electron chi connectivity index (χ0n) is 23.2. The second-order valence-electron chi connectivity index (χ2n) is 10.3. The molecule has 1 saturated heterocycles. The Morgan fingerprint density at radius 1 is 0.805 bits per heavy atom. The van der Waals surface area contributed by atoms with E-state index in [0.29, 0.717) is 12.0 Å². The molecule has 0 saturated carbocycles. The van der Waals surface area contributed by atoms with E-state index in [0.717, 1.165) is 54.2 Å². The topological polar surface area (TPSA) is 57.7 Å². The molecule has 41 heavy (non-hydrogen) atoms. The normalized spacial score (nSPS) is 14.1. The van der Waals surface area contributed by atoms with Crippen LogP contribution in [0.15, 0.2) is 115 Å². The van der Waals surface area contributed by atoms with Crippen LogP contribution in [0.4, 0.5) is 11.5 Å². The van der Waals surface area contributed by atoms with Crippen LogP contribution in [0.25, 0.3) is 10.9 Å². The van der Waals surface area contributed by atoms with Crippen LogP contribution in [0.5, 0.6) is 5.75 Å². The SMILES string of the molecule is COc1ccc(N2CCN(c3cc(C(=O)N[C@@H](Cc4ccccc4)c4ccccc4)c4ccccc4n3)CC2)cc1. The molecule has 0 spiro atoms. The molecule has 6 heteroatoms. The Morgan fingerprint density at radius 2 is 1.44 bits per heavy atom. The summed E-state index contributed by atoms with van der Waals surface area (Å²) in [6.07, 6.45) is 0.708. The number of rotatable bonds is 8. The number of fused-ring (bicyclic) bond motifs is 1.